The molecule has 0 aromatic heterocycles. The van der Waals surface area contributed by atoms with Crippen molar-refractivity contribution < 1.29 is 18.3 Å². The third kappa shape index (κ3) is 4.21. The van der Waals surface area contributed by atoms with E-state index in [2.05, 4.69) is 9.80 Å². The third-order valence-electron chi connectivity index (χ3n) is 6.49. The number of hydrogen-bond acceptors (Lipinski definition) is 4. The van der Waals surface area contributed by atoms with E-state index in [4.69, 9.17) is 4.74 Å². The molecule has 3 heterocycles. The Morgan fingerprint density at radius 2 is 1.77 bits per heavy atom. The average Bonchev–Trinajstić information content (AvgIpc) is 3.29. The molecule has 5 rings (SSSR count). The number of likely N-dealkylation sites (tertiary alicyclic amines) is 1. The summed E-state index contributed by atoms with van der Waals surface area (Å²) < 4.78 is 32.5. The van der Waals surface area contributed by atoms with Crippen molar-refractivity contribution in [1.29, 1.82) is 0 Å². The molecule has 2 saturated heterocycles. The van der Waals surface area contributed by atoms with Crippen molar-refractivity contribution in [3.63, 3.8) is 0 Å². The number of rotatable bonds is 5. The van der Waals surface area contributed by atoms with Crippen LogP contribution in [0.4, 0.5) is 25.0 Å². The van der Waals surface area contributed by atoms with Crippen molar-refractivity contribution in [3.8, 4) is 0 Å². The van der Waals surface area contributed by atoms with Gasteiger partial charge >= 0.3 is 6.09 Å². The molecule has 1 amide bonds. The second kappa shape index (κ2) is 9.01. The Morgan fingerprint density at radius 1 is 1.00 bits per heavy atom. The number of ether oxygens (including phenoxy) is 1. The number of anilines is 2. The maximum absolute atomic E-state index is 14.1. The molecule has 0 N–H and O–H groups in total. The largest absolute Gasteiger partial charge is 0.448 e. The lowest BCUT2D eigenvalue weighted by Gasteiger charge is -2.39. The van der Waals surface area contributed by atoms with Crippen molar-refractivity contribution in [2.75, 3.05) is 44.2 Å². The van der Waals surface area contributed by atoms with Crippen LogP contribution in [0.1, 0.15) is 24.3 Å². The van der Waals surface area contributed by atoms with Crippen LogP contribution in [0.3, 0.4) is 0 Å². The summed E-state index contributed by atoms with van der Waals surface area (Å²) in [5.41, 5.74) is 2.98. The van der Waals surface area contributed by atoms with Gasteiger partial charge in [0.15, 0.2) is 0 Å². The summed E-state index contributed by atoms with van der Waals surface area (Å²) in [7, 11) is 0. The number of carbonyl (C=O) groups excluding carboxylic acids is 1. The van der Waals surface area contributed by atoms with E-state index in [-0.39, 0.29) is 42.1 Å². The van der Waals surface area contributed by atoms with Crippen LogP contribution in [0.5, 0.6) is 0 Å². The highest BCUT2D eigenvalue weighted by molar-refractivity contribution is 5.85. The standard InChI is InChI=1S/C23H25F2N3O2.ClH/c24-16-2-5-18(6-3-16)28-21-7-4-17(25)14-19(21)20-15-26(11-8-22(20)28)9-1-10-27-12-13-30-23(27)29;/h2-7,14,20,22H,1,8-13,15H2;1H. The minimum atomic E-state index is -0.259. The number of hydrogen-bond donors (Lipinski definition) is 0. The zero-order chi connectivity index (χ0) is 20.7. The fourth-order valence-electron chi connectivity index (χ4n) is 5.09. The van der Waals surface area contributed by atoms with Crippen LogP contribution in [0.25, 0.3) is 0 Å². The lowest BCUT2D eigenvalue weighted by atomic mass is 9.89. The zero-order valence-corrected chi connectivity index (χ0v) is 18.0. The number of halogens is 3. The molecular formula is C23H26ClF2N3O2. The monoisotopic (exact) mass is 449 g/mol. The Labute approximate surface area is 187 Å². The normalized spacial score (nSPS) is 22.7. The molecule has 2 aromatic rings. The van der Waals surface area contributed by atoms with Gasteiger partial charge in [-0.05, 0) is 67.4 Å². The van der Waals surface area contributed by atoms with Gasteiger partial charge in [-0.3, -0.25) is 0 Å². The number of benzene rings is 2. The molecule has 3 aliphatic rings. The van der Waals surface area contributed by atoms with Crippen LogP contribution in [-0.2, 0) is 4.74 Å². The molecule has 0 aliphatic carbocycles. The van der Waals surface area contributed by atoms with E-state index >= 15 is 0 Å². The van der Waals surface area contributed by atoms with Gasteiger partial charge in [0.2, 0.25) is 0 Å². The van der Waals surface area contributed by atoms with Crippen molar-refractivity contribution in [3.05, 3.63) is 59.7 Å². The van der Waals surface area contributed by atoms with Crippen molar-refractivity contribution in [2.24, 2.45) is 0 Å². The highest BCUT2D eigenvalue weighted by Gasteiger charge is 2.42. The number of fused-ring (bicyclic) bond motifs is 3. The minimum absolute atomic E-state index is 0. The second-order valence-electron chi connectivity index (χ2n) is 8.27. The lowest BCUT2D eigenvalue weighted by Crippen LogP contribution is -2.45. The number of nitrogens with zero attached hydrogens (tertiary/aromatic N) is 3. The maximum Gasteiger partial charge on any atom is 0.409 e. The number of piperidine rings is 1. The molecule has 166 valence electrons. The van der Waals surface area contributed by atoms with Gasteiger partial charge in [0.1, 0.15) is 18.2 Å². The fraction of sp³-hybridized carbons (Fsp3) is 0.435. The van der Waals surface area contributed by atoms with Gasteiger partial charge < -0.3 is 19.4 Å². The molecule has 8 heteroatoms. The molecule has 2 aromatic carbocycles. The van der Waals surface area contributed by atoms with Gasteiger partial charge in [-0.1, -0.05) is 0 Å². The molecule has 31 heavy (non-hydrogen) atoms. The van der Waals surface area contributed by atoms with Gasteiger partial charge in [0, 0.05) is 43.0 Å². The lowest BCUT2D eigenvalue weighted by molar-refractivity contribution is 0.154. The van der Waals surface area contributed by atoms with Gasteiger partial charge in [0.05, 0.1) is 6.54 Å². The first kappa shape index (κ1) is 21.8. The molecule has 2 fully saturated rings. The highest BCUT2D eigenvalue weighted by atomic mass is 35.5. The third-order valence-corrected chi connectivity index (χ3v) is 6.49. The molecule has 2 atom stereocenters. The number of amides is 1. The molecule has 2 unspecified atom stereocenters. The minimum Gasteiger partial charge on any atom is -0.448 e. The van der Waals surface area contributed by atoms with E-state index in [1.54, 1.807) is 23.1 Å². The summed E-state index contributed by atoms with van der Waals surface area (Å²) in [4.78, 5) is 18.0. The van der Waals surface area contributed by atoms with E-state index in [9.17, 15) is 13.6 Å². The van der Waals surface area contributed by atoms with Crippen LogP contribution >= 0.6 is 12.4 Å². The van der Waals surface area contributed by atoms with Crippen LogP contribution in [0.2, 0.25) is 0 Å². The van der Waals surface area contributed by atoms with Crippen LogP contribution in [0.15, 0.2) is 42.5 Å². The van der Waals surface area contributed by atoms with E-state index in [0.717, 1.165) is 49.4 Å². The predicted molar refractivity (Wildman–Crippen MR) is 117 cm³/mol. The zero-order valence-electron chi connectivity index (χ0n) is 17.2. The first-order valence-electron chi connectivity index (χ1n) is 10.6. The van der Waals surface area contributed by atoms with E-state index in [1.165, 1.54) is 18.2 Å². The Hall–Kier alpha value is -2.38. The molecule has 0 spiro atoms. The summed E-state index contributed by atoms with van der Waals surface area (Å²) >= 11 is 0. The number of carbonyl (C=O) groups is 1. The van der Waals surface area contributed by atoms with Crippen molar-refractivity contribution in [2.45, 2.75) is 24.8 Å². The van der Waals surface area contributed by atoms with Crippen LogP contribution in [0, 0.1) is 11.6 Å². The molecular weight excluding hydrogens is 424 g/mol. The van der Waals surface area contributed by atoms with Crippen LogP contribution in [-0.4, -0.2) is 61.3 Å². The fourth-order valence-corrected chi connectivity index (χ4v) is 5.09. The Morgan fingerprint density at radius 3 is 2.52 bits per heavy atom. The maximum atomic E-state index is 14.1. The summed E-state index contributed by atoms with van der Waals surface area (Å²) in [5, 5.41) is 0. The first-order valence-corrected chi connectivity index (χ1v) is 10.6. The summed E-state index contributed by atoms with van der Waals surface area (Å²) in [6, 6.07) is 11.8. The van der Waals surface area contributed by atoms with Crippen LogP contribution < -0.4 is 4.90 Å². The van der Waals surface area contributed by atoms with Gasteiger partial charge in [-0.25, -0.2) is 13.6 Å². The highest BCUT2D eigenvalue weighted by Crippen LogP contribution is 2.48. The molecule has 0 bridgehead atoms. The molecule has 0 radical (unpaired) electrons. The predicted octanol–water partition coefficient (Wildman–Crippen LogP) is 4.54. The quantitative estimate of drug-likeness (QED) is 0.671. The number of cyclic esters (lactones) is 1. The average molecular weight is 450 g/mol. The summed E-state index contributed by atoms with van der Waals surface area (Å²) in [5.74, 6) is -0.282. The van der Waals surface area contributed by atoms with E-state index in [1.807, 2.05) is 6.07 Å². The Balaban J connectivity index is 0.00000231. The topological polar surface area (TPSA) is 36.0 Å². The molecule has 3 aliphatic heterocycles. The van der Waals surface area contributed by atoms with Gasteiger partial charge in [0.25, 0.3) is 0 Å². The molecule has 5 nitrogen and oxygen atoms in total. The smallest absolute Gasteiger partial charge is 0.409 e. The summed E-state index contributed by atoms with van der Waals surface area (Å²) in [6.07, 6.45) is 1.62. The second-order valence-corrected chi connectivity index (χ2v) is 8.27. The Kier molecular flexibility index (Phi) is 6.34. The molecule has 0 saturated carbocycles. The van der Waals surface area contributed by atoms with E-state index in [0.29, 0.717) is 19.7 Å². The summed E-state index contributed by atoms with van der Waals surface area (Å²) in [6.45, 7) is 4.55. The van der Waals surface area contributed by atoms with Crippen molar-refractivity contribution >= 4 is 29.9 Å². The first-order chi connectivity index (χ1) is 14.6. The Bertz CT molecular complexity index is 943. The SMILES string of the molecule is Cl.O=C1OCCN1CCCN1CCC2C(C1)c1cc(F)ccc1N2c1ccc(F)cc1. The van der Waals surface area contributed by atoms with E-state index < -0.39 is 0 Å². The van der Waals surface area contributed by atoms with Gasteiger partial charge in [-0.15, -0.1) is 12.4 Å². The van der Waals surface area contributed by atoms with Gasteiger partial charge in [-0.2, -0.15) is 0 Å². The van der Waals surface area contributed by atoms with Crippen molar-refractivity contribution in [1.82, 2.24) is 9.80 Å².